The van der Waals surface area contributed by atoms with E-state index in [9.17, 15) is 22.8 Å². The van der Waals surface area contributed by atoms with Gasteiger partial charge in [0.1, 0.15) is 0 Å². The highest BCUT2D eigenvalue weighted by Gasteiger charge is 2.38. The Hall–Kier alpha value is -2.87. The molecule has 0 aliphatic heterocycles. The number of hydrogen-bond acceptors (Lipinski definition) is 4. The second-order valence-electron chi connectivity index (χ2n) is 4.84. The van der Waals surface area contributed by atoms with Crippen molar-refractivity contribution in [2.75, 3.05) is 5.32 Å². The van der Waals surface area contributed by atoms with Crippen LogP contribution in [0.1, 0.15) is 11.1 Å². The number of halogens is 3. The van der Waals surface area contributed by atoms with Gasteiger partial charge in [0, 0.05) is 11.3 Å². The van der Waals surface area contributed by atoms with Crippen molar-refractivity contribution in [1.29, 1.82) is 0 Å². The molecule has 0 aliphatic carbocycles. The highest BCUT2D eigenvalue weighted by molar-refractivity contribution is 5.98. The zero-order chi connectivity index (χ0) is 17.8. The van der Waals surface area contributed by atoms with Crippen molar-refractivity contribution in [2.45, 2.75) is 11.9 Å². The molecular weight excluding hydrogens is 325 g/mol. The maximum absolute atomic E-state index is 12.5. The summed E-state index contributed by atoms with van der Waals surface area (Å²) in [6.45, 7) is 0.0271. The van der Waals surface area contributed by atoms with Gasteiger partial charge in [-0.15, -0.1) is 0 Å². The highest BCUT2D eigenvalue weighted by Crippen LogP contribution is 2.30. The van der Waals surface area contributed by atoms with Gasteiger partial charge in [0.25, 0.3) is 18.1 Å². The SMILES string of the molecule is NC(OC=O)(C(=O)Nc1ccc(C(F)(F)F)cc1)c1ccccc1. The summed E-state index contributed by atoms with van der Waals surface area (Å²) < 4.78 is 42.3. The third-order valence-corrected chi connectivity index (χ3v) is 3.24. The van der Waals surface area contributed by atoms with Crippen molar-refractivity contribution < 1.29 is 27.5 Å². The molecular formula is C16H13F3N2O3. The van der Waals surface area contributed by atoms with Gasteiger partial charge in [0.2, 0.25) is 0 Å². The largest absolute Gasteiger partial charge is 0.432 e. The van der Waals surface area contributed by atoms with Crippen LogP contribution >= 0.6 is 0 Å². The summed E-state index contributed by atoms with van der Waals surface area (Å²) in [4.78, 5) is 23.1. The first-order valence-electron chi connectivity index (χ1n) is 6.72. The fraction of sp³-hybridized carbons (Fsp3) is 0.125. The molecule has 0 aliphatic rings. The van der Waals surface area contributed by atoms with Crippen LogP contribution in [0.25, 0.3) is 0 Å². The number of anilines is 1. The average Bonchev–Trinajstić information content (AvgIpc) is 2.55. The van der Waals surface area contributed by atoms with Crippen molar-refractivity contribution in [2.24, 2.45) is 5.73 Å². The molecule has 5 nitrogen and oxygen atoms in total. The summed E-state index contributed by atoms with van der Waals surface area (Å²) in [5.74, 6) is -0.902. The van der Waals surface area contributed by atoms with Crippen LogP contribution in [0.5, 0.6) is 0 Å². The molecule has 0 spiro atoms. The standard InChI is InChI=1S/C16H13F3N2O3/c17-16(18,19)12-6-8-13(9-7-12)21-14(23)15(20,24-10-22)11-4-2-1-3-5-11/h1-10H,20H2,(H,21,23). The number of benzene rings is 2. The van der Waals surface area contributed by atoms with Gasteiger partial charge in [-0.3, -0.25) is 15.3 Å². The molecule has 1 amide bonds. The van der Waals surface area contributed by atoms with E-state index >= 15 is 0 Å². The smallest absolute Gasteiger partial charge is 0.416 e. The zero-order valence-corrected chi connectivity index (χ0v) is 12.2. The first-order valence-corrected chi connectivity index (χ1v) is 6.72. The summed E-state index contributed by atoms with van der Waals surface area (Å²) in [6, 6.07) is 11.6. The van der Waals surface area contributed by atoms with Gasteiger partial charge in [0.05, 0.1) is 5.56 Å². The molecule has 0 saturated carbocycles. The van der Waals surface area contributed by atoms with Crippen LogP contribution in [0.3, 0.4) is 0 Å². The number of carbonyl (C=O) groups is 2. The molecule has 0 bridgehead atoms. The lowest BCUT2D eigenvalue weighted by atomic mass is 10.0. The quantitative estimate of drug-likeness (QED) is 0.649. The average molecular weight is 338 g/mol. The Morgan fingerprint density at radius 2 is 1.58 bits per heavy atom. The molecule has 3 N–H and O–H groups in total. The summed E-state index contributed by atoms with van der Waals surface area (Å²) in [7, 11) is 0. The van der Waals surface area contributed by atoms with E-state index < -0.39 is 23.4 Å². The van der Waals surface area contributed by atoms with E-state index in [2.05, 4.69) is 5.32 Å². The van der Waals surface area contributed by atoms with Crippen molar-refractivity contribution in [3.05, 3.63) is 65.7 Å². The lowest BCUT2D eigenvalue weighted by Crippen LogP contribution is -2.50. The van der Waals surface area contributed by atoms with Crippen LogP contribution in [-0.2, 0) is 26.2 Å². The first kappa shape index (κ1) is 17.5. The molecule has 2 aromatic rings. The molecule has 24 heavy (non-hydrogen) atoms. The summed E-state index contributed by atoms with van der Waals surface area (Å²) in [5, 5.41) is 2.33. The van der Waals surface area contributed by atoms with Crippen LogP contribution in [0, 0.1) is 0 Å². The molecule has 0 fully saturated rings. The van der Waals surface area contributed by atoms with Gasteiger partial charge in [0.15, 0.2) is 0 Å². The van der Waals surface area contributed by atoms with Crippen molar-refractivity contribution >= 4 is 18.1 Å². The molecule has 0 radical (unpaired) electrons. The Labute approximate surface area is 135 Å². The first-order chi connectivity index (χ1) is 11.3. The van der Waals surface area contributed by atoms with Gasteiger partial charge in [-0.2, -0.15) is 13.2 Å². The number of ether oxygens (including phenoxy) is 1. The van der Waals surface area contributed by atoms with Crippen LogP contribution < -0.4 is 11.1 Å². The number of alkyl halides is 3. The summed E-state index contributed by atoms with van der Waals surface area (Å²) in [6.07, 6.45) is -4.48. The van der Waals surface area contributed by atoms with Gasteiger partial charge in [-0.25, -0.2) is 0 Å². The molecule has 126 valence electrons. The Kier molecular flexibility index (Phi) is 4.89. The fourth-order valence-corrected chi connectivity index (χ4v) is 1.98. The van der Waals surface area contributed by atoms with Crippen LogP contribution in [-0.4, -0.2) is 12.4 Å². The van der Waals surface area contributed by atoms with Gasteiger partial charge >= 0.3 is 6.18 Å². The second-order valence-corrected chi connectivity index (χ2v) is 4.84. The second kappa shape index (κ2) is 6.71. The lowest BCUT2D eigenvalue weighted by Gasteiger charge is -2.26. The Balaban J connectivity index is 2.24. The normalized spacial score (nSPS) is 13.7. The number of nitrogens with two attached hydrogens (primary N) is 1. The van der Waals surface area contributed by atoms with Crippen LogP contribution in [0.2, 0.25) is 0 Å². The van der Waals surface area contributed by atoms with E-state index in [-0.39, 0.29) is 17.7 Å². The van der Waals surface area contributed by atoms with Crippen LogP contribution in [0.4, 0.5) is 18.9 Å². The van der Waals surface area contributed by atoms with E-state index in [4.69, 9.17) is 10.5 Å². The van der Waals surface area contributed by atoms with E-state index in [0.29, 0.717) is 0 Å². The Bertz CT molecular complexity index is 718. The molecule has 0 aromatic heterocycles. The van der Waals surface area contributed by atoms with Crippen molar-refractivity contribution in [1.82, 2.24) is 0 Å². The molecule has 1 atom stereocenters. The topological polar surface area (TPSA) is 81.4 Å². The molecule has 2 aromatic carbocycles. The predicted molar refractivity (Wildman–Crippen MR) is 79.5 cm³/mol. The van der Waals surface area contributed by atoms with Gasteiger partial charge in [-0.05, 0) is 24.3 Å². The zero-order valence-electron chi connectivity index (χ0n) is 12.2. The number of rotatable bonds is 5. The monoisotopic (exact) mass is 338 g/mol. The van der Waals surface area contributed by atoms with Crippen molar-refractivity contribution in [3.63, 3.8) is 0 Å². The highest BCUT2D eigenvalue weighted by atomic mass is 19.4. The van der Waals surface area contributed by atoms with E-state index in [1.807, 2.05) is 0 Å². The van der Waals surface area contributed by atoms with E-state index in [0.717, 1.165) is 24.3 Å². The third kappa shape index (κ3) is 3.72. The van der Waals surface area contributed by atoms with E-state index in [1.165, 1.54) is 12.1 Å². The number of hydrogen-bond donors (Lipinski definition) is 2. The van der Waals surface area contributed by atoms with Gasteiger partial charge < -0.3 is 10.1 Å². The maximum atomic E-state index is 12.5. The molecule has 8 heteroatoms. The number of carbonyl (C=O) groups excluding carboxylic acids is 2. The van der Waals surface area contributed by atoms with Crippen molar-refractivity contribution in [3.8, 4) is 0 Å². The third-order valence-electron chi connectivity index (χ3n) is 3.24. The number of nitrogens with one attached hydrogen (secondary N) is 1. The fourth-order valence-electron chi connectivity index (χ4n) is 1.98. The maximum Gasteiger partial charge on any atom is 0.416 e. The molecule has 0 saturated heterocycles. The van der Waals surface area contributed by atoms with Gasteiger partial charge in [-0.1, -0.05) is 30.3 Å². The molecule has 1 unspecified atom stereocenters. The molecule has 2 rings (SSSR count). The summed E-state index contributed by atoms with van der Waals surface area (Å²) in [5.41, 5.74) is 3.20. The minimum Gasteiger partial charge on any atom is -0.432 e. The van der Waals surface area contributed by atoms with Crippen LogP contribution in [0.15, 0.2) is 54.6 Å². The summed E-state index contributed by atoms with van der Waals surface area (Å²) >= 11 is 0. The predicted octanol–water partition coefficient (Wildman–Crippen LogP) is 2.63. The number of amides is 1. The lowest BCUT2D eigenvalue weighted by molar-refractivity contribution is -0.155. The minimum absolute atomic E-state index is 0.0271. The Morgan fingerprint density at radius 3 is 2.08 bits per heavy atom. The van der Waals surface area contributed by atoms with E-state index in [1.54, 1.807) is 18.2 Å². The Morgan fingerprint density at radius 1 is 1.00 bits per heavy atom. The molecule has 0 heterocycles. The minimum atomic E-state index is -4.48.